The number of amides is 1. The molecular weight excluding hydrogens is 541 g/mol. The molecule has 3 rings (SSSR count). The number of rotatable bonds is 7. The molecule has 0 aliphatic carbocycles. The van der Waals surface area contributed by atoms with Crippen LogP contribution in [0.25, 0.3) is 6.08 Å². The number of ether oxygens (including phenoxy) is 1. The van der Waals surface area contributed by atoms with Gasteiger partial charge in [-0.05, 0) is 104 Å². The van der Waals surface area contributed by atoms with Crippen molar-refractivity contribution in [3.05, 3.63) is 72.2 Å². The summed E-state index contributed by atoms with van der Waals surface area (Å²) in [5, 5.41) is 11.5. The molecule has 2 aromatic carbocycles. The Morgan fingerprint density at radius 3 is 2.44 bits per heavy atom. The highest BCUT2D eigenvalue weighted by atomic mass is 127. The number of nitro groups is 1. The van der Waals surface area contributed by atoms with Crippen LogP contribution in [0.3, 0.4) is 0 Å². The van der Waals surface area contributed by atoms with Gasteiger partial charge >= 0.3 is 0 Å². The first-order valence-corrected chi connectivity index (χ1v) is 12.0. The number of thioether (sulfide) groups is 1. The number of nitro benzene ring substituents is 1. The molecule has 0 atom stereocenters. The molecule has 0 saturated carbocycles. The highest BCUT2D eigenvalue weighted by Crippen LogP contribution is 2.35. The van der Waals surface area contributed by atoms with Gasteiger partial charge in [0.1, 0.15) is 12.4 Å². The molecule has 1 aliphatic heterocycles. The molecule has 0 radical (unpaired) electrons. The molecule has 1 saturated heterocycles. The van der Waals surface area contributed by atoms with E-state index in [9.17, 15) is 14.9 Å². The molecule has 0 spiro atoms. The fraction of sp³-hybridized carbons (Fsp3) is 0.304. The Morgan fingerprint density at radius 1 is 1.19 bits per heavy atom. The molecule has 0 unspecified atom stereocenters. The minimum atomic E-state index is -0.424. The highest BCUT2D eigenvalue weighted by Gasteiger charge is 2.35. The number of aliphatic imine (C=N–C) groups is 1. The second-order valence-corrected chi connectivity index (χ2v) is 9.96. The number of carbonyl (C=O) groups excluding carboxylic acids is 1. The van der Waals surface area contributed by atoms with E-state index in [1.165, 1.54) is 23.9 Å². The van der Waals surface area contributed by atoms with E-state index in [4.69, 9.17) is 4.74 Å². The van der Waals surface area contributed by atoms with Gasteiger partial charge in [-0.3, -0.25) is 24.8 Å². The minimum absolute atomic E-state index is 0.0297. The number of hydrogen-bond acceptors (Lipinski definition) is 6. The van der Waals surface area contributed by atoms with E-state index in [0.29, 0.717) is 17.3 Å². The van der Waals surface area contributed by atoms with Crippen LogP contribution in [0.5, 0.6) is 5.75 Å². The molecule has 9 heteroatoms. The summed E-state index contributed by atoms with van der Waals surface area (Å²) in [6.45, 7) is 8.27. The molecule has 0 aromatic heterocycles. The molecule has 2 aromatic rings. The predicted molar refractivity (Wildman–Crippen MR) is 137 cm³/mol. The number of non-ortho nitro benzene ring substituents is 1. The summed E-state index contributed by atoms with van der Waals surface area (Å²) in [6, 6.07) is 12.2. The van der Waals surface area contributed by atoms with Crippen LogP contribution >= 0.6 is 34.4 Å². The summed E-state index contributed by atoms with van der Waals surface area (Å²) in [4.78, 5) is 30.2. The molecule has 7 nitrogen and oxygen atoms in total. The number of benzene rings is 2. The minimum Gasteiger partial charge on any atom is -0.488 e. The van der Waals surface area contributed by atoms with E-state index < -0.39 is 4.92 Å². The van der Waals surface area contributed by atoms with Crippen LogP contribution in [-0.2, 0) is 11.4 Å². The van der Waals surface area contributed by atoms with Crippen molar-refractivity contribution in [2.45, 2.75) is 46.4 Å². The van der Waals surface area contributed by atoms with E-state index in [1.54, 1.807) is 17.0 Å². The molecular formula is C23H24IN3O4S. The topological polar surface area (TPSA) is 85.0 Å². The Hall–Kier alpha value is -2.40. The number of halogens is 1. The lowest BCUT2D eigenvalue weighted by Gasteiger charge is -2.20. The van der Waals surface area contributed by atoms with Crippen LogP contribution in [0, 0.1) is 13.7 Å². The summed E-state index contributed by atoms with van der Waals surface area (Å²) in [7, 11) is 0. The zero-order valence-electron chi connectivity index (χ0n) is 18.2. The van der Waals surface area contributed by atoms with Crippen molar-refractivity contribution in [2.24, 2.45) is 4.99 Å². The Kier molecular flexibility index (Phi) is 7.94. The van der Waals surface area contributed by atoms with Gasteiger partial charge < -0.3 is 4.74 Å². The largest absolute Gasteiger partial charge is 0.488 e. The Morgan fingerprint density at radius 2 is 1.88 bits per heavy atom. The van der Waals surface area contributed by atoms with E-state index in [-0.39, 0.29) is 23.7 Å². The van der Waals surface area contributed by atoms with Crippen molar-refractivity contribution < 1.29 is 14.5 Å². The van der Waals surface area contributed by atoms with Gasteiger partial charge in [-0.15, -0.1) is 0 Å². The summed E-state index contributed by atoms with van der Waals surface area (Å²) in [5.41, 5.74) is 1.80. The van der Waals surface area contributed by atoms with Gasteiger partial charge in [-0.1, -0.05) is 6.07 Å². The third-order valence-electron chi connectivity index (χ3n) is 4.52. The average molecular weight is 565 g/mol. The number of hydrogen-bond donors (Lipinski definition) is 0. The maximum absolute atomic E-state index is 12.9. The third-order valence-corrected chi connectivity index (χ3v) is 6.36. The molecule has 168 valence electrons. The zero-order valence-corrected chi connectivity index (χ0v) is 21.2. The van der Waals surface area contributed by atoms with Crippen LogP contribution in [0.15, 0.2) is 52.4 Å². The van der Waals surface area contributed by atoms with E-state index in [1.807, 2.05) is 52.0 Å². The fourth-order valence-corrected chi connectivity index (χ4v) is 4.93. The lowest BCUT2D eigenvalue weighted by Crippen LogP contribution is -2.35. The van der Waals surface area contributed by atoms with Gasteiger partial charge in [0.2, 0.25) is 0 Å². The Labute approximate surface area is 205 Å². The van der Waals surface area contributed by atoms with Gasteiger partial charge in [0.15, 0.2) is 5.17 Å². The standard InChI is InChI=1S/C23H24IN3O4S/c1-14(2)25-23-26(15(3)4)22(28)21(32-23)12-17-7-10-20(19(24)11-17)31-13-16-5-8-18(9-6-16)27(29)30/h5-12,14-15H,13H2,1-4H3/b21-12+,25-23?. The van der Waals surface area contributed by atoms with Crippen molar-refractivity contribution in [1.29, 1.82) is 0 Å². The van der Waals surface area contributed by atoms with Crippen LogP contribution in [-0.4, -0.2) is 33.0 Å². The van der Waals surface area contributed by atoms with E-state index >= 15 is 0 Å². The van der Waals surface area contributed by atoms with Gasteiger partial charge in [0.25, 0.3) is 11.6 Å². The van der Waals surface area contributed by atoms with Crippen molar-refractivity contribution in [1.82, 2.24) is 4.90 Å². The first-order chi connectivity index (χ1) is 15.2. The molecule has 0 bridgehead atoms. The van der Waals surface area contributed by atoms with E-state index in [2.05, 4.69) is 27.6 Å². The van der Waals surface area contributed by atoms with Crippen LogP contribution in [0.2, 0.25) is 0 Å². The highest BCUT2D eigenvalue weighted by molar-refractivity contribution is 14.1. The predicted octanol–water partition coefficient (Wildman–Crippen LogP) is 5.87. The third kappa shape index (κ3) is 5.89. The van der Waals surface area contributed by atoms with Crippen LogP contribution in [0.4, 0.5) is 5.69 Å². The van der Waals surface area contributed by atoms with Crippen LogP contribution < -0.4 is 4.74 Å². The smallest absolute Gasteiger partial charge is 0.269 e. The summed E-state index contributed by atoms with van der Waals surface area (Å²) in [6.07, 6.45) is 1.88. The van der Waals surface area contributed by atoms with E-state index in [0.717, 1.165) is 19.9 Å². The second kappa shape index (κ2) is 10.5. The van der Waals surface area contributed by atoms with Gasteiger partial charge in [-0.25, -0.2) is 0 Å². The zero-order chi connectivity index (χ0) is 23.4. The molecule has 0 N–H and O–H groups in total. The van der Waals surface area contributed by atoms with Crippen molar-refractivity contribution in [3.63, 3.8) is 0 Å². The summed E-state index contributed by atoms with van der Waals surface area (Å²) < 4.78 is 6.79. The van der Waals surface area contributed by atoms with Gasteiger partial charge in [0.05, 0.1) is 13.4 Å². The lowest BCUT2D eigenvalue weighted by molar-refractivity contribution is -0.384. The molecule has 1 fully saturated rings. The molecule has 1 aliphatic rings. The molecule has 1 heterocycles. The molecule has 32 heavy (non-hydrogen) atoms. The SMILES string of the molecule is CC(C)N=C1S/C(=C/c2ccc(OCc3ccc([N+](=O)[O-])cc3)c(I)c2)C(=O)N1C(C)C. The number of carbonyl (C=O) groups is 1. The molecule has 1 amide bonds. The summed E-state index contributed by atoms with van der Waals surface area (Å²) >= 11 is 3.60. The first kappa shape index (κ1) is 24.2. The average Bonchev–Trinajstić information content (AvgIpc) is 3.01. The Balaban J connectivity index is 1.74. The maximum atomic E-state index is 12.9. The van der Waals surface area contributed by atoms with Crippen molar-refractivity contribution in [2.75, 3.05) is 0 Å². The quantitative estimate of drug-likeness (QED) is 0.182. The van der Waals surface area contributed by atoms with Gasteiger partial charge in [0, 0.05) is 24.2 Å². The van der Waals surface area contributed by atoms with Crippen molar-refractivity contribution in [3.8, 4) is 5.75 Å². The fourth-order valence-electron chi connectivity index (χ4n) is 3.00. The Bertz CT molecular complexity index is 1080. The second-order valence-electron chi connectivity index (χ2n) is 7.79. The van der Waals surface area contributed by atoms with Crippen molar-refractivity contribution >= 4 is 57.2 Å². The maximum Gasteiger partial charge on any atom is 0.269 e. The normalized spacial score (nSPS) is 16.6. The monoisotopic (exact) mass is 565 g/mol. The number of amidine groups is 1. The van der Waals surface area contributed by atoms with Crippen LogP contribution in [0.1, 0.15) is 38.8 Å². The number of nitrogens with zero attached hydrogens (tertiary/aromatic N) is 3. The summed E-state index contributed by atoms with van der Waals surface area (Å²) in [5.74, 6) is 0.681. The lowest BCUT2D eigenvalue weighted by atomic mass is 10.2. The van der Waals surface area contributed by atoms with Gasteiger partial charge in [-0.2, -0.15) is 0 Å². The first-order valence-electron chi connectivity index (χ1n) is 10.1.